The minimum atomic E-state index is 0.593. The summed E-state index contributed by atoms with van der Waals surface area (Å²) in [5.74, 6) is 1.77. The van der Waals surface area contributed by atoms with Crippen molar-refractivity contribution >= 4 is 5.96 Å². The third kappa shape index (κ3) is 6.78. The largest absolute Gasteiger partial charge is 0.493 e. The van der Waals surface area contributed by atoms with Gasteiger partial charge in [-0.3, -0.25) is 0 Å². The molecule has 1 aromatic carbocycles. The lowest BCUT2D eigenvalue weighted by molar-refractivity contribution is 0.314. The Morgan fingerprint density at radius 2 is 2.15 bits per heavy atom. The minimum Gasteiger partial charge on any atom is -0.493 e. The molecule has 0 fully saturated rings. The van der Waals surface area contributed by atoms with E-state index in [0.717, 1.165) is 56.4 Å². The first-order valence-electron chi connectivity index (χ1n) is 9.43. The van der Waals surface area contributed by atoms with Gasteiger partial charge in [0.05, 0.1) is 19.5 Å². The molecule has 0 radical (unpaired) electrons. The molecule has 2 aromatic rings. The molecule has 6 heteroatoms. The maximum atomic E-state index is 5.88. The second-order valence-electron chi connectivity index (χ2n) is 6.24. The molecule has 0 aliphatic carbocycles. The minimum absolute atomic E-state index is 0.593. The number of aryl methyl sites for hydroxylation is 2. The van der Waals surface area contributed by atoms with Crippen LogP contribution >= 0.6 is 0 Å². The Balaban J connectivity index is 1.90. The van der Waals surface area contributed by atoms with E-state index in [4.69, 9.17) is 9.73 Å². The van der Waals surface area contributed by atoms with Gasteiger partial charge >= 0.3 is 0 Å². The van der Waals surface area contributed by atoms with Crippen molar-refractivity contribution in [2.45, 2.75) is 46.7 Å². The van der Waals surface area contributed by atoms with Gasteiger partial charge in [-0.15, -0.1) is 0 Å². The number of hydrogen-bond acceptors (Lipinski definition) is 3. The highest BCUT2D eigenvalue weighted by Crippen LogP contribution is 2.21. The lowest BCUT2D eigenvalue weighted by Gasteiger charge is -2.13. The molecule has 2 rings (SSSR count). The van der Waals surface area contributed by atoms with Crippen molar-refractivity contribution in [3.05, 3.63) is 48.0 Å². The highest BCUT2D eigenvalue weighted by molar-refractivity contribution is 5.79. The van der Waals surface area contributed by atoms with Crippen molar-refractivity contribution in [3.8, 4) is 5.75 Å². The third-order valence-electron chi connectivity index (χ3n) is 3.88. The standard InChI is InChI=1S/C20H31N5O/c1-4-13-26-19-14-17(3)7-8-18(19)15-24-20(22-5-2)23-9-6-11-25-12-10-21-16-25/h7-8,10,12,14,16H,4-6,9,11,13,15H2,1-3H3,(H2,22,23,24). The van der Waals surface area contributed by atoms with Crippen LogP contribution in [0.25, 0.3) is 0 Å². The third-order valence-corrected chi connectivity index (χ3v) is 3.88. The first kappa shape index (κ1) is 19.8. The van der Waals surface area contributed by atoms with Gasteiger partial charge in [-0.2, -0.15) is 0 Å². The molecule has 0 atom stereocenters. The molecule has 0 amide bonds. The van der Waals surface area contributed by atoms with E-state index in [1.165, 1.54) is 5.56 Å². The Bertz CT molecular complexity index is 667. The maximum Gasteiger partial charge on any atom is 0.191 e. The Labute approximate surface area is 156 Å². The fourth-order valence-corrected chi connectivity index (χ4v) is 2.53. The zero-order valence-corrected chi connectivity index (χ0v) is 16.2. The van der Waals surface area contributed by atoms with E-state index < -0.39 is 0 Å². The molecule has 6 nitrogen and oxygen atoms in total. The topological polar surface area (TPSA) is 63.5 Å². The van der Waals surface area contributed by atoms with E-state index in [0.29, 0.717) is 6.54 Å². The molecule has 0 saturated carbocycles. The van der Waals surface area contributed by atoms with Gasteiger partial charge in [0.1, 0.15) is 5.75 Å². The second kappa shape index (κ2) is 11.2. The number of aliphatic imine (C=N–C) groups is 1. The van der Waals surface area contributed by atoms with Gasteiger partial charge in [0.25, 0.3) is 0 Å². The van der Waals surface area contributed by atoms with Crippen LogP contribution in [-0.4, -0.2) is 35.2 Å². The second-order valence-corrected chi connectivity index (χ2v) is 6.24. The number of nitrogens with one attached hydrogen (secondary N) is 2. The Morgan fingerprint density at radius 3 is 2.88 bits per heavy atom. The summed E-state index contributed by atoms with van der Waals surface area (Å²) in [5.41, 5.74) is 2.31. The van der Waals surface area contributed by atoms with Crippen molar-refractivity contribution in [3.63, 3.8) is 0 Å². The lowest BCUT2D eigenvalue weighted by atomic mass is 10.1. The summed E-state index contributed by atoms with van der Waals surface area (Å²) in [6.45, 7) is 10.2. The fourth-order valence-electron chi connectivity index (χ4n) is 2.53. The molecule has 0 saturated heterocycles. The fraction of sp³-hybridized carbons (Fsp3) is 0.500. The van der Waals surface area contributed by atoms with Crippen molar-refractivity contribution in [2.75, 3.05) is 19.7 Å². The molecule has 0 spiro atoms. The molecule has 142 valence electrons. The van der Waals surface area contributed by atoms with Crippen molar-refractivity contribution in [1.29, 1.82) is 0 Å². The lowest BCUT2D eigenvalue weighted by Crippen LogP contribution is -2.38. The van der Waals surface area contributed by atoms with Crippen LogP contribution < -0.4 is 15.4 Å². The van der Waals surface area contributed by atoms with Gasteiger partial charge in [-0.05, 0) is 38.3 Å². The molecule has 2 N–H and O–H groups in total. The van der Waals surface area contributed by atoms with Gasteiger partial charge in [0.15, 0.2) is 5.96 Å². The van der Waals surface area contributed by atoms with Gasteiger partial charge < -0.3 is 19.9 Å². The molecule has 0 aliphatic rings. The highest BCUT2D eigenvalue weighted by atomic mass is 16.5. The number of ether oxygens (including phenoxy) is 1. The van der Waals surface area contributed by atoms with Gasteiger partial charge in [-0.25, -0.2) is 9.98 Å². The molecule has 1 heterocycles. The summed E-state index contributed by atoms with van der Waals surface area (Å²) in [6.07, 6.45) is 7.63. The van der Waals surface area contributed by atoms with Gasteiger partial charge in [0, 0.05) is 37.6 Å². The van der Waals surface area contributed by atoms with Crippen LogP contribution in [0.5, 0.6) is 5.75 Å². The predicted molar refractivity (Wildman–Crippen MR) is 107 cm³/mol. The van der Waals surface area contributed by atoms with Crippen LogP contribution in [0.2, 0.25) is 0 Å². The molecule has 0 bridgehead atoms. The number of hydrogen-bond donors (Lipinski definition) is 2. The normalized spacial score (nSPS) is 11.4. The first-order valence-corrected chi connectivity index (χ1v) is 9.43. The van der Waals surface area contributed by atoms with Gasteiger partial charge in [-0.1, -0.05) is 19.1 Å². The van der Waals surface area contributed by atoms with Crippen LogP contribution in [-0.2, 0) is 13.1 Å². The van der Waals surface area contributed by atoms with Crippen LogP contribution in [0.15, 0.2) is 41.9 Å². The van der Waals surface area contributed by atoms with E-state index in [1.54, 1.807) is 6.20 Å². The summed E-state index contributed by atoms with van der Waals surface area (Å²) >= 11 is 0. The van der Waals surface area contributed by atoms with E-state index in [-0.39, 0.29) is 0 Å². The monoisotopic (exact) mass is 357 g/mol. The molecule has 0 unspecified atom stereocenters. The van der Waals surface area contributed by atoms with Crippen molar-refractivity contribution in [2.24, 2.45) is 4.99 Å². The van der Waals surface area contributed by atoms with Crippen LogP contribution in [0.1, 0.15) is 37.8 Å². The molecule has 1 aromatic heterocycles. The van der Waals surface area contributed by atoms with Crippen molar-refractivity contribution in [1.82, 2.24) is 20.2 Å². The first-order chi connectivity index (χ1) is 12.7. The molecule has 0 aliphatic heterocycles. The van der Waals surface area contributed by atoms with Crippen LogP contribution in [0.3, 0.4) is 0 Å². The Hall–Kier alpha value is -2.50. The number of guanidine groups is 1. The predicted octanol–water partition coefficient (Wildman–Crippen LogP) is 3.13. The SMILES string of the molecule is CCCOc1cc(C)ccc1CN=C(NCC)NCCCn1ccnc1. The highest BCUT2D eigenvalue weighted by Gasteiger charge is 2.05. The van der Waals surface area contributed by atoms with E-state index >= 15 is 0 Å². The smallest absolute Gasteiger partial charge is 0.191 e. The number of aromatic nitrogens is 2. The average Bonchev–Trinajstić information content (AvgIpc) is 3.15. The Morgan fingerprint density at radius 1 is 1.27 bits per heavy atom. The number of nitrogens with zero attached hydrogens (tertiary/aromatic N) is 3. The molecular weight excluding hydrogens is 326 g/mol. The zero-order chi connectivity index (χ0) is 18.6. The summed E-state index contributed by atoms with van der Waals surface area (Å²) in [4.78, 5) is 8.77. The van der Waals surface area contributed by atoms with Crippen LogP contribution in [0, 0.1) is 6.92 Å². The quantitative estimate of drug-likeness (QED) is 0.390. The average molecular weight is 358 g/mol. The molecular formula is C20H31N5O. The van der Waals surface area contributed by atoms with Crippen molar-refractivity contribution < 1.29 is 4.74 Å². The van der Waals surface area contributed by atoms with Crippen LogP contribution in [0.4, 0.5) is 0 Å². The maximum absolute atomic E-state index is 5.88. The summed E-state index contributed by atoms with van der Waals surface area (Å²) in [7, 11) is 0. The number of imidazole rings is 1. The van der Waals surface area contributed by atoms with E-state index in [9.17, 15) is 0 Å². The zero-order valence-electron chi connectivity index (χ0n) is 16.2. The Kier molecular flexibility index (Phi) is 8.52. The number of rotatable bonds is 10. The number of benzene rings is 1. The van der Waals surface area contributed by atoms with Gasteiger partial charge in [0.2, 0.25) is 0 Å². The summed E-state index contributed by atoms with van der Waals surface area (Å²) < 4.78 is 7.96. The van der Waals surface area contributed by atoms with E-state index in [2.05, 4.69) is 59.2 Å². The summed E-state index contributed by atoms with van der Waals surface area (Å²) in [5, 5.41) is 6.69. The molecule has 26 heavy (non-hydrogen) atoms. The van der Waals surface area contributed by atoms with E-state index in [1.807, 2.05) is 12.5 Å². The summed E-state index contributed by atoms with van der Waals surface area (Å²) in [6, 6.07) is 6.30.